The molecule has 2 atom stereocenters. The average molecular weight is 254 g/mol. The topological polar surface area (TPSA) is 46.3 Å². The third kappa shape index (κ3) is 2.51. The Morgan fingerprint density at radius 3 is 2.72 bits per heavy atom. The molecular weight excluding hydrogens is 238 g/mol. The number of halogens is 2. The van der Waals surface area contributed by atoms with Crippen molar-refractivity contribution in [3.05, 3.63) is 35.4 Å². The molecule has 1 aliphatic rings. The molecule has 0 aromatic heterocycles. The minimum absolute atomic E-state index is 0.0195. The maximum absolute atomic E-state index is 13.1. The van der Waals surface area contributed by atoms with Crippen LogP contribution in [0.15, 0.2) is 18.2 Å². The van der Waals surface area contributed by atoms with Crippen LogP contribution in [0.3, 0.4) is 0 Å². The molecule has 0 bridgehead atoms. The van der Waals surface area contributed by atoms with E-state index in [1.54, 1.807) is 11.8 Å². The third-order valence-electron chi connectivity index (χ3n) is 3.35. The summed E-state index contributed by atoms with van der Waals surface area (Å²) in [6, 6.07) is 3.58. The molecule has 18 heavy (non-hydrogen) atoms. The molecule has 1 heterocycles. The first-order chi connectivity index (χ1) is 8.49. The third-order valence-corrected chi connectivity index (χ3v) is 3.35. The number of nitrogens with zero attached hydrogens (tertiary/aromatic N) is 1. The summed E-state index contributed by atoms with van der Waals surface area (Å²) in [6.45, 7) is 2.86. The van der Waals surface area contributed by atoms with Gasteiger partial charge in [0.15, 0.2) is 11.6 Å². The van der Waals surface area contributed by atoms with Crippen LogP contribution < -0.4 is 5.73 Å². The van der Waals surface area contributed by atoms with Crippen molar-refractivity contribution >= 4 is 5.91 Å². The van der Waals surface area contributed by atoms with Crippen LogP contribution in [0.1, 0.15) is 24.8 Å². The van der Waals surface area contributed by atoms with Crippen LogP contribution in [0, 0.1) is 11.6 Å². The maximum Gasteiger partial charge on any atom is 0.229 e. The number of hydrogen-bond donors (Lipinski definition) is 1. The highest BCUT2D eigenvalue weighted by molar-refractivity contribution is 5.83. The molecule has 1 aromatic rings. The van der Waals surface area contributed by atoms with E-state index in [9.17, 15) is 13.6 Å². The summed E-state index contributed by atoms with van der Waals surface area (Å²) in [6.07, 6.45) is 0.788. The summed E-state index contributed by atoms with van der Waals surface area (Å²) in [7, 11) is 0. The highest BCUT2D eigenvalue weighted by Crippen LogP contribution is 2.22. The van der Waals surface area contributed by atoms with E-state index >= 15 is 0 Å². The van der Waals surface area contributed by atoms with Crippen LogP contribution in [-0.4, -0.2) is 29.9 Å². The van der Waals surface area contributed by atoms with Gasteiger partial charge >= 0.3 is 0 Å². The quantitative estimate of drug-likeness (QED) is 0.872. The minimum atomic E-state index is -0.926. The lowest BCUT2D eigenvalue weighted by Crippen LogP contribution is -2.34. The maximum atomic E-state index is 13.1. The van der Waals surface area contributed by atoms with Crippen LogP contribution in [0.4, 0.5) is 8.78 Å². The molecule has 98 valence electrons. The summed E-state index contributed by atoms with van der Waals surface area (Å²) in [5.41, 5.74) is 6.23. The van der Waals surface area contributed by atoms with Gasteiger partial charge in [-0.3, -0.25) is 4.79 Å². The SMILES string of the molecule is CC(C(=O)N1CCC(N)C1)c1ccc(F)c(F)c1. The zero-order valence-electron chi connectivity index (χ0n) is 10.2. The van der Waals surface area contributed by atoms with Crippen molar-refractivity contribution in [2.75, 3.05) is 13.1 Å². The van der Waals surface area contributed by atoms with E-state index in [1.165, 1.54) is 6.07 Å². The average Bonchev–Trinajstić information content (AvgIpc) is 2.77. The van der Waals surface area contributed by atoms with Gasteiger partial charge in [0, 0.05) is 19.1 Å². The zero-order chi connectivity index (χ0) is 13.3. The number of likely N-dealkylation sites (tertiary alicyclic amines) is 1. The monoisotopic (exact) mass is 254 g/mol. The van der Waals surface area contributed by atoms with Crippen molar-refractivity contribution in [2.45, 2.75) is 25.3 Å². The van der Waals surface area contributed by atoms with Gasteiger partial charge in [-0.2, -0.15) is 0 Å². The Hall–Kier alpha value is -1.49. The number of nitrogens with two attached hydrogens (primary N) is 1. The first kappa shape index (κ1) is 13.0. The van der Waals surface area contributed by atoms with Gasteiger partial charge in [0.1, 0.15) is 0 Å². The van der Waals surface area contributed by atoms with Crippen molar-refractivity contribution in [2.24, 2.45) is 5.73 Å². The van der Waals surface area contributed by atoms with Gasteiger partial charge in [-0.1, -0.05) is 6.07 Å². The fourth-order valence-corrected chi connectivity index (χ4v) is 2.19. The Labute approximate surface area is 105 Å². The standard InChI is InChI=1S/C13H16F2N2O/c1-8(9-2-3-11(14)12(15)6-9)13(18)17-5-4-10(16)7-17/h2-3,6,8,10H,4-5,7,16H2,1H3. The summed E-state index contributed by atoms with van der Waals surface area (Å²) in [5, 5.41) is 0. The van der Waals surface area contributed by atoms with E-state index in [4.69, 9.17) is 5.73 Å². The summed E-state index contributed by atoms with van der Waals surface area (Å²) < 4.78 is 26.0. The first-order valence-electron chi connectivity index (χ1n) is 5.98. The lowest BCUT2D eigenvalue weighted by Gasteiger charge is -2.21. The molecule has 1 aromatic carbocycles. The predicted molar refractivity (Wildman–Crippen MR) is 63.9 cm³/mol. The zero-order valence-corrected chi connectivity index (χ0v) is 10.2. The van der Waals surface area contributed by atoms with E-state index in [0.717, 1.165) is 18.6 Å². The van der Waals surface area contributed by atoms with Gasteiger partial charge in [0.25, 0.3) is 0 Å². The number of carbonyl (C=O) groups excluding carboxylic acids is 1. The number of carbonyl (C=O) groups is 1. The van der Waals surface area contributed by atoms with E-state index in [-0.39, 0.29) is 11.9 Å². The Morgan fingerprint density at radius 1 is 1.44 bits per heavy atom. The second-order valence-corrected chi connectivity index (χ2v) is 4.73. The van der Waals surface area contributed by atoms with Gasteiger partial charge in [0.2, 0.25) is 5.91 Å². The molecule has 3 nitrogen and oxygen atoms in total. The fraction of sp³-hybridized carbons (Fsp3) is 0.462. The van der Waals surface area contributed by atoms with E-state index in [2.05, 4.69) is 0 Å². The summed E-state index contributed by atoms with van der Waals surface area (Å²) >= 11 is 0. The Morgan fingerprint density at radius 2 is 2.17 bits per heavy atom. The number of rotatable bonds is 2. The number of benzene rings is 1. The Bertz CT molecular complexity index is 464. The second kappa shape index (κ2) is 5.02. The van der Waals surface area contributed by atoms with Gasteiger partial charge in [0.05, 0.1) is 5.92 Å². The Kier molecular flexibility index (Phi) is 3.61. The van der Waals surface area contributed by atoms with Crippen LogP contribution in [0.5, 0.6) is 0 Å². The molecule has 2 rings (SSSR count). The van der Waals surface area contributed by atoms with E-state index in [1.807, 2.05) is 0 Å². The van der Waals surface area contributed by atoms with Crippen LogP contribution in [-0.2, 0) is 4.79 Å². The molecule has 2 N–H and O–H groups in total. The Balaban J connectivity index is 2.12. The van der Waals surface area contributed by atoms with E-state index in [0.29, 0.717) is 18.7 Å². The lowest BCUT2D eigenvalue weighted by atomic mass is 9.99. The van der Waals surface area contributed by atoms with Crippen LogP contribution in [0.25, 0.3) is 0 Å². The molecule has 1 fully saturated rings. The van der Waals surface area contributed by atoms with Gasteiger partial charge in [-0.25, -0.2) is 8.78 Å². The van der Waals surface area contributed by atoms with Gasteiger partial charge in [-0.15, -0.1) is 0 Å². The van der Waals surface area contributed by atoms with Crippen molar-refractivity contribution in [3.8, 4) is 0 Å². The summed E-state index contributed by atoms with van der Waals surface area (Å²) in [4.78, 5) is 13.8. The largest absolute Gasteiger partial charge is 0.341 e. The number of hydrogen-bond acceptors (Lipinski definition) is 2. The molecule has 0 aliphatic carbocycles. The minimum Gasteiger partial charge on any atom is -0.341 e. The van der Waals surface area contributed by atoms with Crippen molar-refractivity contribution in [1.29, 1.82) is 0 Å². The molecule has 1 aliphatic heterocycles. The smallest absolute Gasteiger partial charge is 0.229 e. The lowest BCUT2D eigenvalue weighted by molar-refractivity contribution is -0.131. The second-order valence-electron chi connectivity index (χ2n) is 4.73. The molecule has 5 heteroatoms. The normalized spacial score (nSPS) is 21.1. The van der Waals surface area contributed by atoms with Crippen molar-refractivity contribution in [3.63, 3.8) is 0 Å². The highest BCUT2D eigenvalue weighted by Gasteiger charge is 2.28. The van der Waals surface area contributed by atoms with Crippen molar-refractivity contribution in [1.82, 2.24) is 4.90 Å². The molecule has 1 amide bonds. The van der Waals surface area contributed by atoms with Gasteiger partial charge < -0.3 is 10.6 Å². The van der Waals surface area contributed by atoms with Crippen LogP contribution >= 0.6 is 0 Å². The van der Waals surface area contributed by atoms with Gasteiger partial charge in [-0.05, 0) is 31.0 Å². The predicted octanol–water partition coefficient (Wildman–Crippen LogP) is 1.63. The molecule has 0 radical (unpaired) electrons. The van der Waals surface area contributed by atoms with E-state index < -0.39 is 17.6 Å². The summed E-state index contributed by atoms with van der Waals surface area (Å²) in [5.74, 6) is -2.40. The molecule has 0 saturated carbocycles. The molecule has 0 spiro atoms. The first-order valence-corrected chi connectivity index (χ1v) is 5.98. The highest BCUT2D eigenvalue weighted by atomic mass is 19.2. The molecule has 2 unspecified atom stereocenters. The fourth-order valence-electron chi connectivity index (χ4n) is 2.19. The molecular formula is C13H16F2N2O. The van der Waals surface area contributed by atoms with Crippen LogP contribution in [0.2, 0.25) is 0 Å². The van der Waals surface area contributed by atoms with Crippen molar-refractivity contribution < 1.29 is 13.6 Å². The number of amides is 1. The molecule has 1 saturated heterocycles.